The van der Waals surface area contributed by atoms with Gasteiger partial charge in [-0.1, -0.05) is 29.8 Å². The number of nitrogens with zero attached hydrogens (tertiary/aromatic N) is 3. The molecular formula is C29H29ClFN5O4. The Morgan fingerprint density at radius 3 is 2.55 bits per heavy atom. The molecule has 4 rings (SSSR count). The molecule has 1 fully saturated rings. The van der Waals surface area contributed by atoms with E-state index in [4.69, 9.17) is 21.1 Å². The van der Waals surface area contributed by atoms with E-state index in [9.17, 15) is 14.0 Å². The number of aliphatic imine (C=N–C) groups is 1. The van der Waals surface area contributed by atoms with Crippen molar-refractivity contribution in [1.82, 2.24) is 15.2 Å². The van der Waals surface area contributed by atoms with Crippen LogP contribution in [-0.2, 0) is 20.9 Å². The molecule has 2 heterocycles. The molecule has 0 unspecified atom stereocenters. The van der Waals surface area contributed by atoms with E-state index in [1.165, 1.54) is 23.2 Å². The maximum Gasteiger partial charge on any atom is 0.248 e. The van der Waals surface area contributed by atoms with E-state index >= 15 is 0 Å². The molecule has 3 aromatic rings. The molecule has 0 spiro atoms. The van der Waals surface area contributed by atoms with Gasteiger partial charge in [0.05, 0.1) is 6.54 Å². The van der Waals surface area contributed by atoms with Crippen LogP contribution in [0.1, 0.15) is 25.3 Å². The Balaban J connectivity index is 1.52. The Morgan fingerprint density at radius 2 is 1.88 bits per heavy atom. The lowest BCUT2D eigenvalue weighted by Crippen LogP contribution is -2.39. The van der Waals surface area contributed by atoms with Gasteiger partial charge < -0.3 is 20.1 Å². The predicted octanol–water partition coefficient (Wildman–Crippen LogP) is 5.29. The average Bonchev–Trinajstić information content (AvgIpc) is 2.96. The van der Waals surface area contributed by atoms with Crippen LogP contribution in [0.15, 0.2) is 83.5 Å². The van der Waals surface area contributed by atoms with E-state index in [2.05, 4.69) is 20.6 Å². The third-order valence-corrected chi connectivity index (χ3v) is 6.24. The minimum absolute atomic E-state index is 0.0471. The minimum Gasteiger partial charge on any atom is -0.439 e. The van der Waals surface area contributed by atoms with Crippen LogP contribution in [0, 0.1) is 5.95 Å². The number of benzene rings is 2. The van der Waals surface area contributed by atoms with Gasteiger partial charge in [-0.15, -0.1) is 0 Å². The van der Waals surface area contributed by atoms with Gasteiger partial charge >= 0.3 is 0 Å². The van der Waals surface area contributed by atoms with E-state index in [-0.39, 0.29) is 30.3 Å². The second-order valence-electron chi connectivity index (χ2n) is 9.03. The van der Waals surface area contributed by atoms with Crippen molar-refractivity contribution in [2.75, 3.05) is 18.5 Å². The van der Waals surface area contributed by atoms with Gasteiger partial charge in [-0.2, -0.15) is 9.37 Å². The summed E-state index contributed by atoms with van der Waals surface area (Å²) in [6, 6.07) is 18.2. The highest BCUT2D eigenvalue weighted by Gasteiger charge is 2.17. The van der Waals surface area contributed by atoms with Gasteiger partial charge in [0.25, 0.3) is 0 Å². The van der Waals surface area contributed by atoms with E-state index < -0.39 is 5.95 Å². The summed E-state index contributed by atoms with van der Waals surface area (Å²) >= 11 is 6.00. The van der Waals surface area contributed by atoms with Crippen LogP contribution < -0.4 is 15.4 Å². The van der Waals surface area contributed by atoms with E-state index in [1.54, 1.807) is 49.4 Å². The van der Waals surface area contributed by atoms with Gasteiger partial charge in [0.15, 0.2) is 0 Å². The summed E-state index contributed by atoms with van der Waals surface area (Å²) in [7, 11) is 0. The van der Waals surface area contributed by atoms with Gasteiger partial charge in [0, 0.05) is 47.8 Å². The zero-order chi connectivity index (χ0) is 28.3. The molecule has 0 aliphatic carbocycles. The number of rotatable bonds is 9. The molecule has 9 nitrogen and oxygen atoms in total. The van der Waals surface area contributed by atoms with Crippen molar-refractivity contribution >= 4 is 35.6 Å². The number of carbonyl (C=O) groups is 2. The third-order valence-electron chi connectivity index (χ3n) is 5.98. The summed E-state index contributed by atoms with van der Waals surface area (Å²) in [4.78, 5) is 34.4. The minimum atomic E-state index is -0.643. The fraction of sp³-hybridized carbons (Fsp3) is 0.241. The van der Waals surface area contributed by atoms with Crippen molar-refractivity contribution < 1.29 is 23.5 Å². The van der Waals surface area contributed by atoms with Crippen LogP contribution in [0.25, 0.3) is 0 Å². The standard InChI is InChI=1S/C29H29ClFN5O4/c1-20(28(38)33-24-13-15-39-16-14-24)17-32-29(36(19-37)18-21-5-7-22(30)8-6-21)34-23-9-11-25(12-10-23)40-27-4-2-3-26(31)35-27/h2-12,17,19,24H,13-16,18H2,1H3,(H,32,34)(H,33,38)/b20-17+. The smallest absolute Gasteiger partial charge is 0.248 e. The molecule has 0 radical (unpaired) electrons. The summed E-state index contributed by atoms with van der Waals surface area (Å²) in [5.74, 6) is -0.119. The summed E-state index contributed by atoms with van der Waals surface area (Å²) in [5.41, 5.74) is 1.81. The SMILES string of the molecule is C/C(=C\N=C(Nc1ccc(Oc2cccc(F)n2)cc1)N(C=O)Cc1ccc(Cl)cc1)C(=O)NC1CCOCC1. The highest BCUT2D eigenvalue weighted by atomic mass is 35.5. The summed E-state index contributed by atoms with van der Waals surface area (Å²) in [5, 5.41) is 6.71. The Labute approximate surface area is 236 Å². The summed E-state index contributed by atoms with van der Waals surface area (Å²) in [6.07, 6.45) is 3.58. The van der Waals surface area contributed by atoms with Gasteiger partial charge in [-0.05, 0) is 67.8 Å². The first kappa shape index (κ1) is 28.7. The van der Waals surface area contributed by atoms with E-state index in [0.717, 1.165) is 18.4 Å². The number of aromatic nitrogens is 1. The van der Waals surface area contributed by atoms with Gasteiger partial charge in [0.1, 0.15) is 5.75 Å². The highest BCUT2D eigenvalue weighted by molar-refractivity contribution is 6.30. The first-order valence-electron chi connectivity index (χ1n) is 12.7. The molecule has 40 heavy (non-hydrogen) atoms. The molecule has 2 aromatic carbocycles. The molecule has 1 aromatic heterocycles. The van der Waals surface area contributed by atoms with Gasteiger partial charge in [-0.25, -0.2) is 4.99 Å². The van der Waals surface area contributed by atoms with Crippen LogP contribution >= 0.6 is 11.6 Å². The molecule has 208 valence electrons. The van der Waals surface area contributed by atoms with Crippen LogP contribution in [0.4, 0.5) is 10.1 Å². The zero-order valence-electron chi connectivity index (χ0n) is 21.8. The zero-order valence-corrected chi connectivity index (χ0v) is 22.6. The molecule has 0 saturated carbocycles. The maximum absolute atomic E-state index is 13.4. The molecular weight excluding hydrogens is 537 g/mol. The average molecular weight is 566 g/mol. The van der Waals surface area contributed by atoms with Crippen molar-refractivity contribution in [2.24, 2.45) is 4.99 Å². The first-order valence-corrected chi connectivity index (χ1v) is 13.0. The number of amides is 2. The number of anilines is 1. The van der Waals surface area contributed by atoms with Crippen molar-refractivity contribution in [3.63, 3.8) is 0 Å². The normalized spacial score (nSPS) is 14.4. The second kappa shape index (κ2) is 14.2. The number of pyridine rings is 1. The Hall–Kier alpha value is -4.28. The highest BCUT2D eigenvalue weighted by Crippen LogP contribution is 2.22. The summed E-state index contributed by atoms with van der Waals surface area (Å²) in [6.45, 7) is 3.09. The number of nitrogens with one attached hydrogen (secondary N) is 2. The number of guanidine groups is 1. The van der Waals surface area contributed by atoms with Crippen LogP contribution in [0.2, 0.25) is 5.02 Å². The van der Waals surface area contributed by atoms with E-state index in [0.29, 0.717) is 41.7 Å². The molecule has 1 aliphatic rings. The largest absolute Gasteiger partial charge is 0.439 e. The number of hydrogen-bond donors (Lipinski definition) is 2. The van der Waals surface area contributed by atoms with Crippen molar-refractivity contribution in [2.45, 2.75) is 32.4 Å². The van der Waals surface area contributed by atoms with Crippen molar-refractivity contribution in [3.05, 3.63) is 95.0 Å². The number of hydrogen-bond acceptors (Lipinski definition) is 6. The van der Waals surface area contributed by atoms with Gasteiger partial charge in [0.2, 0.25) is 30.1 Å². The fourth-order valence-corrected chi connectivity index (χ4v) is 3.91. The van der Waals surface area contributed by atoms with Crippen molar-refractivity contribution in [3.8, 4) is 11.6 Å². The quantitative estimate of drug-likeness (QED) is 0.120. The molecule has 2 N–H and O–H groups in total. The Bertz CT molecular complexity index is 1360. The van der Waals surface area contributed by atoms with Crippen LogP contribution in [0.5, 0.6) is 11.6 Å². The lowest BCUT2D eigenvalue weighted by Gasteiger charge is -2.23. The molecule has 0 atom stereocenters. The van der Waals surface area contributed by atoms with Crippen LogP contribution in [0.3, 0.4) is 0 Å². The monoisotopic (exact) mass is 565 g/mol. The number of ether oxygens (including phenoxy) is 2. The van der Waals surface area contributed by atoms with Crippen LogP contribution in [-0.4, -0.2) is 47.4 Å². The van der Waals surface area contributed by atoms with Crippen molar-refractivity contribution in [1.29, 1.82) is 0 Å². The lowest BCUT2D eigenvalue weighted by molar-refractivity contribution is -0.118. The Morgan fingerprint density at radius 1 is 1.15 bits per heavy atom. The Kier molecular flexibility index (Phi) is 10.2. The molecule has 2 amide bonds. The number of carbonyl (C=O) groups excluding carboxylic acids is 2. The maximum atomic E-state index is 13.4. The summed E-state index contributed by atoms with van der Waals surface area (Å²) < 4.78 is 24.3. The van der Waals surface area contributed by atoms with Gasteiger partial charge in [-0.3, -0.25) is 14.5 Å². The second-order valence-corrected chi connectivity index (χ2v) is 9.47. The first-order chi connectivity index (χ1) is 19.4. The predicted molar refractivity (Wildman–Crippen MR) is 151 cm³/mol. The fourth-order valence-electron chi connectivity index (χ4n) is 3.79. The molecule has 1 aliphatic heterocycles. The molecule has 1 saturated heterocycles. The molecule has 0 bridgehead atoms. The molecule has 11 heteroatoms. The third kappa shape index (κ3) is 8.62. The lowest BCUT2D eigenvalue weighted by atomic mass is 10.1. The topological polar surface area (TPSA) is 105 Å². The number of halogens is 2. The van der Waals surface area contributed by atoms with E-state index in [1.807, 2.05) is 12.1 Å².